The molecule has 1 N–H and O–H groups in total. The monoisotopic (exact) mass is 204 g/mol. The van der Waals surface area contributed by atoms with Crippen LogP contribution in [0.5, 0.6) is 0 Å². The number of aryl methyl sites for hydroxylation is 1. The second-order valence-electron chi connectivity index (χ2n) is 3.82. The van der Waals surface area contributed by atoms with Crippen molar-refractivity contribution in [3.63, 3.8) is 0 Å². The number of amides is 1. The molecule has 1 aromatic rings. The minimum Gasteiger partial charge on any atom is -0.322 e. The smallest absolute Gasteiger partial charge is 0.238 e. The van der Waals surface area contributed by atoms with Gasteiger partial charge in [-0.25, -0.2) is 0 Å². The van der Waals surface area contributed by atoms with Gasteiger partial charge in [0.2, 0.25) is 5.91 Å². The van der Waals surface area contributed by atoms with Crippen LogP contribution in [0.2, 0.25) is 0 Å². The molecule has 1 aromatic carbocycles. The fourth-order valence-corrected chi connectivity index (χ4v) is 2.07. The van der Waals surface area contributed by atoms with E-state index in [0.717, 1.165) is 6.54 Å². The van der Waals surface area contributed by atoms with Crippen LogP contribution in [-0.2, 0) is 4.79 Å². The van der Waals surface area contributed by atoms with Gasteiger partial charge in [0.05, 0.1) is 6.54 Å². The van der Waals surface area contributed by atoms with E-state index in [4.69, 9.17) is 0 Å². The molecule has 1 atom stereocenters. The quantitative estimate of drug-likeness (QED) is 0.790. The Kier molecular flexibility index (Phi) is 2.73. The first-order valence-corrected chi connectivity index (χ1v) is 5.32. The Morgan fingerprint density at radius 2 is 2.20 bits per heavy atom. The number of benzene rings is 1. The summed E-state index contributed by atoms with van der Waals surface area (Å²) in [4.78, 5) is 13.4. The predicted octanol–water partition coefficient (Wildman–Crippen LogP) is 1.45. The maximum absolute atomic E-state index is 11.6. The molecule has 1 heterocycles. The van der Waals surface area contributed by atoms with Gasteiger partial charge in [0.15, 0.2) is 0 Å². The minimum absolute atomic E-state index is 0.0590. The van der Waals surface area contributed by atoms with E-state index < -0.39 is 0 Å². The molecule has 3 heteroatoms. The number of carbonyl (C=O) groups is 1. The van der Waals surface area contributed by atoms with Crippen LogP contribution in [0.3, 0.4) is 0 Å². The highest BCUT2D eigenvalue weighted by molar-refractivity contribution is 5.81. The summed E-state index contributed by atoms with van der Waals surface area (Å²) in [5.74, 6) is 0.186. The summed E-state index contributed by atoms with van der Waals surface area (Å²) in [5, 5.41) is 3.24. The third-order valence-electron chi connectivity index (χ3n) is 2.90. The van der Waals surface area contributed by atoms with Gasteiger partial charge in [-0.05, 0) is 25.0 Å². The molecule has 0 saturated carbocycles. The lowest BCUT2D eigenvalue weighted by Crippen LogP contribution is -2.30. The number of nitrogens with zero attached hydrogens (tertiary/aromatic N) is 1. The second kappa shape index (κ2) is 4.03. The highest BCUT2D eigenvalue weighted by atomic mass is 16.2. The van der Waals surface area contributed by atoms with Crippen molar-refractivity contribution < 1.29 is 4.79 Å². The van der Waals surface area contributed by atoms with E-state index in [1.165, 1.54) is 11.1 Å². The molecule has 1 amide bonds. The Hall–Kier alpha value is -1.35. The largest absolute Gasteiger partial charge is 0.322 e. The van der Waals surface area contributed by atoms with Crippen LogP contribution in [-0.4, -0.2) is 23.9 Å². The zero-order valence-corrected chi connectivity index (χ0v) is 9.16. The summed E-state index contributed by atoms with van der Waals surface area (Å²) < 4.78 is 0. The van der Waals surface area contributed by atoms with Crippen LogP contribution in [0.4, 0.5) is 0 Å². The van der Waals surface area contributed by atoms with Crippen molar-refractivity contribution in [2.75, 3.05) is 13.1 Å². The van der Waals surface area contributed by atoms with Gasteiger partial charge in [0.1, 0.15) is 6.17 Å². The van der Waals surface area contributed by atoms with Crippen molar-refractivity contribution in [1.29, 1.82) is 0 Å². The zero-order valence-electron chi connectivity index (χ0n) is 9.16. The molecule has 0 bridgehead atoms. The molecule has 0 aromatic heterocycles. The number of rotatable bonds is 2. The molecule has 1 aliphatic rings. The van der Waals surface area contributed by atoms with Gasteiger partial charge in [-0.2, -0.15) is 0 Å². The highest BCUT2D eigenvalue weighted by Gasteiger charge is 2.30. The Balaban J connectivity index is 2.32. The summed E-state index contributed by atoms with van der Waals surface area (Å²) in [6.45, 7) is 5.29. The number of carbonyl (C=O) groups excluding carboxylic acids is 1. The van der Waals surface area contributed by atoms with Crippen LogP contribution < -0.4 is 5.32 Å². The van der Waals surface area contributed by atoms with E-state index in [2.05, 4.69) is 24.4 Å². The molecule has 80 valence electrons. The number of nitrogens with one attached hydrogen (secondary N) is 1. The first-order valence-electron chi connectivity index (χ1n) is 5.32. The van der Waals surface area contributed by atoms with Crippen molar-refractivity contribution in [3.05, 3.63) is 35.4 Å². The van der Waals surface area contributed by atoms with Crippen molar-refractivity contribution in [2.45, 2.75) is 20.0 Å². The average molecular weight is 204 g/mol. The second-order valence-corrected chi connectivity index (χ2v) is 3.82. The lowest BCUT2D eigenvalue weighted by Gasteiger charge is -2.24. The topological polar surface area (TPSA) is 32.3 Å². The van der Waals surface area contributed by atoms with E-state index in [1.807, 2.05) is 24.0 Å². The first-order chi connectivity index (χ1) is 7.24. The first kappa shape index (κ1) is 10.2. The SMILES string of the molecule is CCN1C(=O)CNC1c1ccccc1C. The van der Waals surface area contributed by atoms with Crippen molar-refractivity contribution in [1.82, 2.24) is 10.2 Å². The fraction of sp³-hybridized carbons (Fsp3) is 0.417. The number of hydrogen-bond donors (Lipinski definition) is 1. The molecule has 0 aliphatic carbocycles. The molecule has 3 nitrogen and oxygen atoms in total. The summed E-state index contributed by atoms with van der Waals surface area (Å²) in [5.41, 5.74) is 2.42. The van der Waals surface area contributed by atoms with Crippen LogP contribution in [0.25, 0.3) is 0 Å². The van der Waals surface area contributed by atoms with Crippen LogP contribution in [0.1, 0.15) is 24.2 Å². The van der Waals surface area contributed by atoms with Crippen molar-refractivity contribution in [2.24, 2.45) is 0 Å². The van der Waals surface area contributed by atoms with Crippen LogP contribution >= 0.6 is 0 Å². The Morgan fingerprint density at radius 1 is 1.47 bits per heavy atom. The molecule has 1 unspecified atom stereocenters. The summed E-state index contributed by atoms with van der Waals surface area (Å²) in [6, 6.07) is 8.19. The lowest BCUT2D eigenvalue weighted by atomic mass is 10.1. The lowest BCUT2D eigenvalue weighted by molar-refractivity contribution is -0.127. The predicted molar refractivity (Wildman–Crippen MR) is 59.3 cm³/mol. The van der Waals surface area contributed by atoms with Crippen molar-refractivity contribution in [3.8, 4) is 0 Å². The molecular formula is C12H16N2O. The Bertz CT molecular complexity index is 376. The standard InChI is InChI=1S/C12H16N2O/c1-3-14-11(15)8-13-12(14)10-7-5-4-6-9(10)2/h4-7,12-13H,3,8H2,1-2H3. The zero-order chi connectivity index (χ0) is 10.8. The van der Waals surface area contributed by atoms with Gasteiger partial charge in [-0.3, -0.25) is 10.1 Å². The Labute approximate surface area is 90.1 Å². The molecular weight excluding hydrogens is 188 g/mol. The molecule has 2 rings (SSSR count). The number of likely N-dealkylation sites (N-methyl/N-ethyl adjacent to an activating group) is 1. The summed E-state index contributed by atoms with van der Waals surface area (Å²) in [7, 11) is 0. The normalized spacial score (nSPS) is 21.1. The summed E-state index contributed by atoms with van der Waals surface area (Å²) >= 11 is 0. The van der Waals surface area contributed by atoms with Gasteiger partial charge in [-0.1, -0.05) is 24.3 Å². The van der Waals surface area contributed by atoms with E-state index in [-0.39, 0.29) is 12.1 Å². The average Bonchev–Trinajstić information content (AvgIpc) is 2.60. The van der Waals surface area contributed by atoms with E-state index in [1.54, 1.807) is 0 Å². The maximum Gasteiger partial charge on any atom is 0.238 e. The Morgan fingerprint density at radius 3 is 2.87 bits per heavy atom. The fourth-order valence-electron chi connectivity index (χ4n) is 2.07. The van der Waals surface area contributed by atoms with Crippen LogP contribution in [0, 0.1) is 6.92 Å². The van der Waals surface area contributed by atoms with E-state index in [0.29, 0.717) is 6.54 Å². The highest BCUT2D eigenvalue weighted by Crippen LogP contribution is 2.24. The van der Waals surface area contributed by atoms with E-state index >= 15 is 0 Å². The minimum atomic E-state index is 0.0590. The van der Waals surface area contributed by atoms with Crippen molar-refractivity contribution >= 4 is 5.91 Å². The molecule has 15 heavy (non-hydrogen) atoms. The van der Waals surface area contributed by atoms with Crippen LogP contribution in [0.15, 0.2) is 24.3 Å². The molecule has 0 radical (unpaired) electrons. The molecule has 0 spiro atoms. The summed E-state index contributed by atoms with van der Waals surface area (Å²) in [6.07, 6.45) is 0.0590. The van der Waals surface area contributed by atoms with E-state index in [9.17, 15) is 4.79 Å². The van der Waals surface area contributed by atoms with Gasteiger partial charge in [0.25, 0.3) is 0 Å². The third-order valence-corrected chi connectivity index (χ3v) is 2.90. The van der Waals surface area contributed by atoms with Gasteiger partial charge < -0.3 is 4.90 Å². The molecule has 1 aliphatic heterocycles. The van der Waals surface area contributed by atoms with Gasteiger partial charge in [0, 0.05) is 6.54 Å². The number of hydrogen-bond acceptors (Lipinski definition) is 2. The van der Waals surface area contributed by atoms with Gasteiger partial charge in [-0.15, -0.1) is 0 Å². The maximum atomic E-state index is 11.6. The molecule has 1 fully saturated rings. The third kappa shape index (κ3) is 1.75. The molecule has 1 saturated heterocycles. The van der Waals surface area contributed by atoms with Gasteiger partial charge >= 0.3 is 0 Å².